The molecule has 1 N–H and O–H groups in total. The monoisotopic (exact) mass is 301 g/mol. The van der Waals surface area contributed by atoms with Gasteiger partial charge in [0.15, 0.2) is 0 Å². The molecule has 0 atom stereocenters. The van der Waals surface area contributed by atoms with Crippen molar-refractivity contribution < 1.29 is 9.53 Å². The fourth-order valence-electron chi connectivity index (χ4n) is 1.87. The van der Waals surface area contributed by atoms with Gasteiger partial charge < -0.3 is 10.1 Å². The van der Waals surface area contributed by atoms with Gasteiger partial charge in [-0.2, -0.15) is 5.26 Å². The number of aryl methyl sites for hydroxylation is 1. The summed E-state index contributed by atoms with van der Waals surface area (Å²) in [6.07, 6.45) is 0. The van der Waals surface area contributed by atoms with Crippen molar-refractivity contribution >= 4 is 23.2 Å². The van der Waals surface area contributed by atoms with Crippen LogP contribution in [0.25, 0.3) is 0 Å². The minimum Gasteiger partial charge on any atom is -0.495 e. The highest BCUT2D eigenvalue weighted by atomic mass is 35.5. The van der Waals surface area contributed by atoms with E-state index in [1.165, 1.54) is 13.2 Å². The molecule has 1 aromatic heterocycles. The summed E-state index contributed by atoms with van der Waals surface area (Å²) in [4.78, 5) is 16.3. The molecule has 0 spiro atoms. The van der Waals surface area contributed by atoms with Crippen LogP contribution in [-0.4, -0.2) is 18.0 Å². The number of hydrogen-bond acceptors (Lipinski definition) is 4. The number of anilines is 1. The number of nitrogens with zero attached hydrogens (tertiary/aromatic N) is 2. The minimum absolute atomic E-state index is 0.237. The molecular weight excluding hydrogens is 290 g/mol. The third-order valence-corrected chi connectivity index (χ3v) is 2.98. The topological polar surface area (TPSA) is 75.0 Å². The largest absolute Gasteiger partial charge is 0.495 e. The van der Waals surface area contributed by atoms with Crippen molar-refractivity contribution in [3.63, 3.8) is 0 Å². The Labute approximate surface area is 127 Å². The number of ether oxygens (including phenoxy) is 1. The summed E-state index contributed by atoms with van der Waals surface area (Å²) in [5, 5.41) is 12.0. The molecule has 0 fully saturated rings. The lowest BCUT2D eigenvalue weighted by Crippen LogP contribution is -2.14. The van der Waals surface area contributed by atoms with E-state index in [2.05, 4.69) is 10.3 Å². The zero-order valence-corrected chi connectivity index (χ0v) is 12.2. The SMILES string of the molecule is COc1cccc(C#N)c1NC(=O)c1cc(C)nc(Cl)c1. The van der Waals surface area contributed by atoms with Crippen molar-refractivity contribution in [1.29, 1.82) is 5.26 Å². The van der Waals surface area contributed by atoms with Crippen LogP contribution in [0, 0.1) is 18.3 Å². The number of methoxy groups -OCH3 is 1. The van der Waals surface area contributed by atoms with Crippen LogP contribution in [0.3, 0.4) is 0 Å². The molecule has 2 aromatic rings. The first kappa shape index (κ1) is 14.8. The van der Waals surface area contributed by atoms with Crippen LogP contribution in [0.15, 0.2) is 30.3 Å². The maximum atomic E-state index is 12.3. The summed E-state index contributed by atoms with van der Waals surface area (Å²) in [5.74, 6) is 0.0303. The number of para-hydroxylation sites is 1. The Bertz CT molecular complexity index is 718. The van der Waals surface area contributed by atoms with E-state index in [9.17, 15) is 4.79 Å². The molecule has 0 aliphatic carbocycles. The number of rotatable bonds is 3. The first-order valence-corrected chi connectivity index (χ1v) is 6.45. The number of aromatic nitrogens is 1. The minimum atomic E-state index is -0.386. The second-order valence-electron chi connectivity index (χ2n) is 4.27. The molecule has 1 aromatic carbocycles. The second-order valence-corrected chi connectivity index (χ2v) is 4.66. The molecule has 0 unspecified atom stereocenters. The zero-order valence-electron chi connectivity index (χ0n) is 11.5. The number of carbonyl (C=O) groups excluding carboxylic acids is 1. The third kappa shape index (κ3) is 3.30. The van der Waals surface area contributed by atoms with Gasteiger partial charge in [-0.3, -0.25) is 4.79 Å². The number of nitriles is 1. The summed E-state index contributed by atoms with van der Waals surface area (Å²) in [5.41, 5.74) is 1.65. The average Bonchev–Trinajstić information content (AvgIpc) is 2.46. The van der Waals surface area contributed by atoms with Crippen LogP contribution < -0.4 is 10.1 Å². The van der Waals surface area contributed by atoms with Crippen LogP contribution in [-0.2, 0) is 0 Å². The van der Waals surface area contributed by atoms with E-state index in [0.29, 0.717) is 28.3 Å². The van der Waals surface area contributed by atoms with Crippen molar-refractivity contribution in [2.45, 2.75) is 6.92 Å². The number of hydrogen-bond donors (Lipinski definition) is 1. The van der Waals surface area contributed by atoms with Crippen molar-refractivity contribution in [2.24, 2.45) is 0 Å². The van der Waals surface area contributed by atoms with Crippen LogP contribution in [0.2, 0.25) is 5.15 Å². The average molecular weight is 302 g/mol. The number of amides is 1. The van der Waals surface area contributed by atoms with Crippen molar-refractivity contribution in [3.8, 4) is 11.8 Å². The van der Waals surface area contributed by atoms with E-state index in [1.807, 2.05) is 6.07 Å². The Morgan fingerprint density at radius 2 is 2.19 bits per heavy atom. The van der Waals surface area contributed by atoms with Gasteiger partial charge in [-0.05, 0) is 31.2 Å². The molecule has 6 heteroatoms. The van der Waals surface area contributed by atoms with Crippen LogP contribution in [0.4, 0.5) is 5.69 Å². The zero-order chi connectivity index (χ0) is 15.4. The van der Waals surface area contributed by atoms with Gasteiger partial charge in [-0.1, -0.05) is 17.7 Å². The van der Waals surface area contributed by atoms with E-state index < -0.39 is 0 Å². The molecule has 1 heterocycles. The highest BCUT2D eigenvalue weighted by molar-refractivity contribution is 6.29. The van der Waals surface area contributed by atoms with Gasteiger partial charge in [0.25, 0.3) is 5.91 Å². The highest BCUT2D eigenvalue weighted by Crippen LogP contribution is 2.28. The van der Waals surface area contributed by atoms with Crippen LogP contribution in [0.5, 0.6) is 5.75 Å². The summed E-state index contributed by atoms with van der Waals surface area (Å²) < 4.78 is 5.17. The lowest BCUT2D eigenvalue weighted by Gasteiger charge is -2.12. The van der Waals surface area contributed by atoms with Gasteiger partial charge in [-0.25, -0.2) is 4.98 Å². The smallest absolute Gasteiger partial charge is 0.255 e. The van der Waals surface area contributed by atoms with E-state index in [1.54, 1.807) is 31.2 Å². The van der Waals surface area contributed by atoms with Gasteiger partial charge >= 0.3 is 0 Å². The number of halogens is 1. The molecule has 0 saturated heterocycles. The molecule has 2 rings (SSSR count). The molecular formula is C15H12ClN3O2. The van der Waals surface area contributed by atoms with Gasteiger partial charge in [0, 0.05) is 11.3 Å². The Balaban J connectivity index is 2.38. The number of nitrogens with one attached hydrogen (secondary N) is 1. The summed E-state index contributed by atoms with van der Waals surface area (Å²) in [6, 6.07) is 10.0. The maximum Gasteiger partial charge on any atom is 0.255 e. The molecule has 0 radical (unpaired) electrons. The van der Waals surface area contributed by atoms with Gasteiger partial charge in [0.1, 0.15) is 22.7 Å². The Kier molecular flexibility index (Phi) is 4.41. The van der Waals surface area contributed by atoms with Crippen LogP contribution >= 0.6 is 11.6 Å². The number of pyridine rings is 1. The number of carbonyl (C=O) groups is 1. The van der Waals surface area contributed by atoms with E-state index >= 15 is 0 Å². The first-order chi connectivity index (χ1) is 10.0. The molecule has 5 nitrogen and oxygen atoms in total. The van der Waals surface area contributed by atoms with Gasteiger partial charge in [0.2, 0.25) is 0 Å². The fraction of sp³-hybridized carbons (Fsp3) is 0.133. The lowest BCUT2D eigenvalue weighted by atomic mass is 10.1. The van der Waals surface area contributed by atoms with Crippen molar-refractivity contribution in [3.05, 3.63) is 52.3 Å². The van der Waals surface area contributed by atoms with Crippen LogP contribution in [0.1, 0.15) is 21.6 Å². The second kappa shape index (κ2) is 6.25. The molecule has 0 aliphatic heterocycles. The normalized spacial score (nSPS) is 9.81. The number of benzene rings is 1. The molecule has 0 saturated carbocycles. The van der Waals surface area contributed by atoms with E-state index in [0.717, 1.165) is 0 Å². The molecule has 0 bridgehead atoms. The lowest BCUT2D eigenvalue weighted by molar-refractivity contribution is 0.102. The highest BCUT2D eigenvalue weighted by Gasteiger charge is 2.14. The summed E-state index contributed by atoms with van der Waals surface area (Å²) >= 11 is 5.85. The van der Waals surface area contributed by atoms with E-state index in [4.69, 9.17) is 21.6 Å². The first-order valence-electron chi connectivity index (χ1n) is 6.08. The predicted octanol–water partition coefficient (Wildman–Crippen LogP) is 3.18. The Hall–Kier alpha value is -2.58. The van der Waals surface area contributed by atoms with Gasteiger partial charge in [-0.15, -0.1) is 0 Å². The third-order valence-electron chi connectivity index (χ3n) is 2.79. The fourth-order valence-corrected chi connectivity index (χ4v) is 2.12. The van der Waals surface area contributed by atoms with Crippen molar-refractivity contribution in [1.82, 2.24) is 4.98 Å². The summed E-state index contributed by atoms with van der Waals surface area (Å²) in [6.45, 7) is 1.74. The van der Waals surface area contributed by atoms with Gasteiger partial charge in [0.05, 0.1) is 12.7 Å². The molecule has 0 aliphatic rings. The Morgan fingerprint density at radius 1 is 1.43 bits per heavy atom. The summed E-state index contributed by atoms with van der Waals surface area (Å²) in [7, 11) is 1.47. The van der Waals surface area contributed by atoms with E-state index in [-0.39, 0.29) is 11.1 Å². The standard InChI is InChI=1S/C15H12ClN3O2/c1-9-6-11(7-13(16)18-9)15(20)19-14-10(8-17)4-3-5-12(14)21-2/h3-7H,1-2H3,(H,19,20). The molecule has 1 amide bonds. The quantitative estimate of drug-likeness (QED) is 0.884. The maximum absolute atomic E-state index is 12.3. The Morgan fingerprint density at radius 3 is 2.81 bits per heavy atom. The van der Waals surface area contributed by atoms with Crippen molar-refractivity contribution in [2.75, 3.05) is 12.4 Å². The predicted molar refractivity (Wildman–Crippen MR) is 79.6 cm³/mol. The molecule has 21 heavy (non-hydrogen) atoms. The molecule has 106 valence electrons.